The largest absolute Gasteiger partial charge is 0.508 e. The van der Waals surface area contributed by atoms with E-state index < -0.39 is 127 Å². The van der Waals surface area contributed by atoms with Crippen LogP contribution in [0.15, 0.2) is 72.8 Å². The van der Waals surface area contributed by atoms with Crippen molar-refractivity contribution in [1.82, 2.24) is 30.2 Å². The Kier molecular flexibility index (Phi) is 24.6. The highest BCUT2D eigenvalue weighted by atomic mass is 32.2. The van der Waals surface area contributed by atoms with Crippen LogP contribution in [0.5, 0.6) is 23.0 Å². The molecule has 4 aliphatic rings. The van der Waals surface area contributed by atoms with Crippen molar-refractivity contribution in [3.63, 3.8) is 0 Å². The summed E-state index contributed by atoms with van der Waals surface area (Å²) in [5, 5.41) is 15.5. The molecule has 4 heterocycles. The Bertz CT molecular complexity index is 3930. The van der Waals surface area contributed by atoms with E-state index in [1.165, 1.54) is 86.9 Å². The number of carbonyl (C=O) groups is 8. The van der Waals surface area contributed by atoms with Gasteiger partial charge in [0, 0.05) is 88.4 Å². The van der Waals surface area contributed by atoms with E-state index >= 15 is 0 Å². The molecule has 0 aromatic heterocycles. The number of hydrogen-bond acceptors (Lipinski definition) is 16. The van der Waals surface area contributed by atoms with Gasteiger partial charge in [-0.2, -0.15) is 34.8 Å². The number of anilines is 2. The first kappa shape index (κ1) is 80.3. The minimum absolute atomic E-state index is 0.0288. The van der Waals surface area contributed by atoms with Gasteiger partial charge in [-0.15, -0.1) is 0 Å². The first-order valence-corrected chi connectivity index (χ1v) is 35.5. The second-order valence-corrected chi connectivity index (χ2v) is 29.8. The maximum Gasteiger partial charge on any atom is 0.417 e. The molecule has 0 saturated carbocycles. The van der Waals surface area contributed by atoms with Crippen molar-refractivity contribution in [2.75, 3.05) is 68.4 Å². The van der Waals surface area contributed by atoms with Crippen molar-refractivity contribution in [2.24, 2.45) is 0 Å². The fourth-order valence-corrected chi connectivity index (χ4v) is 13.0. The monoisotopic (exact) mass is 1460 g/mol. The lowest BCUT2D eigenvalue weighted by Gasteiger charge is -2.43. The fourth-order valence-electron chi connectivity index (χ4n) is 12.6. The number of amides is 8. The quantitative estimate of drug-likeness (QED) is 0.0616. The molecule has 8 rings (SSSR count). The van der Waals surface area contributed by atoms with Crippen molar-refractivity contribution in [3.8, 4) is 23.0 Å². The summed E-state index contributed by atoms with van der Waals surface area (Å²) in [5.74, 6) is -4.95. The van der Waals surface area contributed by atoms with Gasteiger partial charge in [0.05, 0.1) is 52.0 Å². The number of alkyl halides is 6. The molecule has 3 N–H and O–H groups in total. The number of rotatable bonds is 18. The summed E-state index contributed by atoms with van der Waals surface area (Å²) in [7, 11) is -3.97. The van der Waals surface area contributed by atoms with Crippen molar-refractivity contribution >= 4 is 69.1 Å². The topological polar surface area (TPSA) is 281 Å². The lowest BCUT2D eigenvalue weighted by molar-refractivity contribution is -0.139. The molecule has 2 saturated heterocycles. The summed E-state index contributed by atoms with van der Waals surface area (Å²) >= 11 is 0. The highest BCUT2D eigenvalue weighted by molar-refractivity contribution is 7.86. The maximum absolute atomic E-state index is 14.9. The molecule has 102 heavy (non-hydrogen) atoms. The van der Waals surface area contributed by atoms with E-state index in [1.807, 2.05) is 0 Å². The first-order valence-electron chi connectivity index (χ1n) is 33.7. The smallest absolute Gasteiger partial charge is 0.417 e. The van der Waals surface area contributed by atoms with Crippen LogP contribution in [0.1, 0.15) is 178 Å². The summed E-state index contributed by atoms with van der Waals surface area (Å²) in [4.78, 5) is 115. The van der Waals surface area contributed by atoms with Gasteiger partial charge in [-0.25, -0.2) is 9.59 Å². The van der Waals surface area contributed by atoms with Gasteiger partial charge in [0.25, 0.3) is 23.6 Å². The summed E-state index contributed by atoms with van der Waals surface area (Å²) in [6, 6.07) is 12.0. The maximum atomic E-state index is 14.9. The summed E-state index contributed by atoms with van der Waals surface area (Å²) in [5.41, 5.74) is -9.32. The Morgan fingerprint density at radius 3 is 1.34 bits per heavy atom. The van der Waals surface area contributed by atoms with E-state index in [1.54, 1.807) is 83.1 Å². The number of aromatic hydroxyl groups is 1. The lowest BCUT2D eigenvalue weighted by atomic mass is 9.90. The molecule has 4 aromatic carbocycles. The average Bonchev–Trinajstić information content (AvgIpc) is 0.736. The van der Waals surface area contributed by atoms with Crippen LogP contribution in [0.2, 0.25) is 0 Å². The number of benzene rings is 4. The van der Waals surface area contributed by atoms with E-state index in [2.05, 4.69) is 10.6 Å². The molecule has 8 amide bonds. The van der Waals surface area contributed by atoms with Crippen LogP contribution >= 0.6 is 0 Å². The van der Waals surface area contributed by atoms with Gasteiger partial charge in [-0.05, 0) is 157 Å². The van der Waals surface area contributed by atoms with Gasteiger partial charge in [0.15, 0.2) is 0 Å². The van der Waals surface area contributed by atoms with E-state index in [0.717, 1.165) is 29.4 Å². The SMILES string of the molecule is CCC(=O)NCCN1C(=O)C(C)(c2cccc(O)c2)Oc2cc(C(F)(F)F)c(C(=O)N(C(C)C)[C@@H]3CCCN(C(=O)OC(C)(C)C)C3)cc21.CCC(=O)NCCN1C(=O)C(C)(c2cccc(OS(C)(=O)=O)c2)Oc2cc(C(F)(F)F)c(C(=O)N(C(C)C)[C@@H]3CCCN(C(=O)OC(C)(C)C)C3)cc21. The van der Waals surface area contributed by atoms with Crippen LogP contribution < -0.4 is 34.1 Å². The molecule has 24 nitrogen and oxygen atoms in total. The Morgan fingerprint density at radius 2 is 1.00 bits per heavy atom. The predicted molar refractivity (Wildman–Crippen MR) is 364 cm³/mol. The van der Waals surface area contributed by atoms with E-state index in [-0.39, 0.29) is 109 Å². The number of hydrogen-bond donors (Lipinski definition) is 3. The predicted octanol–water partition coefficient (Wildman–Crippen LogP) is 11.3. The number of fused-ring (bicyclic) bond motifs is 2. The minimum Gasteiger partial charge on any atom is -0.508 e. The zero-order valence-corrected chi connectivity index (χ0v) is 60.9. The molecule has 4 aliphatic heterocycles. The van der Waals surface area contributed by atoms with Crippen LogP contribution in [0.3, 0.4) is 0 Å². The number of carbonyl (C=O) groups excluding carboxylic acids is 8. The molecule has 4 aromatic rings. The highest BCUT2D eigenvalue weighted by Gasteiger charge is 2.52. The number of halogens is 6. The number of nitrogens with one attached hydrogen (secondary N) is 2. The molecule has 0 bridgehead atoms. The van der Waals surface area contributed by atoms with Crippen LogP contribution in [-0.4, -0.2) is 175 Å². The summed E-state index contributed by atoms with van der Waals surface area (Å²) < 4.78 is 141. The lowest BCUT2D eigenvalue weighted by Crippen LogP contribution is -2.55. The molecule has 0 spiro atoms. The number of piperidine rings is 2. The summed E-state index contributed by atoms with van der Waals surface area (Å²) in [6.07, 6.45) is -8.22. The van der Waals surface area contributed by atoms with Gasteiger partial charge < -0.3 is 68.3 Å². The van der Waals surface area contributed by atoms with Crippen molar-refractivity contribution in [3.05, 3.63) is 106 Å². The third-order valence-corrected chi connectivity index (χ3v) is 17.7. The Labute approximate surface area is 590 Å². The Hall–Kier alpha value is -9.03. The number of phenols is 1. The number of ether oxygens (including phenoxy) is 4. The number of likely N-dealkylation sites (tertiary alicyclic amines) is 2. The Morgan fingerprint density at radius 1 is 0.618 bits per heavy atom. The average molecular weight is 1460 g/mol. The molecule has 560 valence electrons. The van der Waals surface area contributed by atoms with Gasteiger partial charge in [0.2, 0.25) is 23.0 Å². The normalized spacial score (nSPS) is 19.5. The zero-order valence-electron chi connectivity index (χ0n) is 60.1. The summed E-state index contributed by atoms with van der Waals surface area (Å²) in [6.45, 7) is 23.4. The fraction of sp³-hybridized carbons (Fsp3) is 0.549. The van der Waals surface area contributed by atoms with Crippen molar-refractivity contribution in [2.45, 2.75) is 194 Å². The van der Waals surface area contributed by atoms with E-state index in [9.17, 15) is 78.2 Å². The zero-order chi connectivity index (χ0) is 76.2. The highest BCUT2D eigenvalue weighted by Crippen LogP contribution is 2.50. The van der Waals surface area contributed by atoms with Crippen molar-refractivity contribution in [1.29, 1.82) is 0 Å². The third kappa shape index (κ3) is 19.2. The molecular formula is C71H92F6N8O16S. The van der Waals surface area contributed by atoms with Crippen LogP contribution in [0.4, 0.5) is 47.3 Å². The molecule has 2 unspecified atom stereocenters. The van der Waals surface area contributed by atoms with Gasteiger partial charge in [-0.3, -0.25) is 28.8 Å². The van der Waals surface area contributed by atoms with E-state index in [0.29, 0.717) is 44.8 Å². The Balaban J connectivity index is 0.000000287. The second kappa shape index (κ2) is 31.3. The van der Waals surface area contributed by atoms with Crippen LogP contribution in [0, 0.1) is 0 Å². The molecular weight excluding hydrogens is 1370 g/mol. The molecule has 31 heteroatoms. The first-order chi connectivity index (χ1) is 47.2. The molecule has 0 radical (unpaired) electrons. The van der Waals surface area contributed by atoms with Crippen molar-refractivity contribution < 1.29 is 101 Å². The standard InChI is InChI=1S/C36H47F3N4O9S.C35H45F3N4O7/c1-9-30(44)40-15-17-42-28-19-26(31(45)43(22(2)3)24-13-11-16-41(21-24)33(47)51-34(4,5)6)27(36(37,38)39)20-29(28)50-35(7,32(42)46)23-12-10-14-25(18-23)52-53(8,48)49;1-8-29(44)39-14-16-41-27-18-25(30(45)42(21(2)3)23-12-10-15-40(20-23)32(47)49-33(4,5)6)26(35(36,37)38)19-28(27)48-34(7,31(41)46)22-11-9-13-24(43)17-22/h10,12,14,18-20,22,24H,9,11,13,15-17,21H2,1-8H3,(H,40,44);9,11,13,17-19,21,23,43H,8,10,12,14-16,20H2,1-7H3,(H,39,44)/t24-,35?;23-,34?/m11/s1. The number of nitrogens with zero attached hydrogens (tertiary/aromatic N) is 6. The van der Waals surface area contributed by atoms with Crippen LogP contribution in [-0.2, 0) is 62.3 Å². The van der Waals surface area contributed by atoms with Gasteiger partial charge >= 0.3 is 34.7 Å². The molecule has 2 fully saturated rings. The second-order valence-electron chi connectivity index (χ2n) is 28.2. The molecule has 0 aliphatic carbocycles. The minimum atomic E-state index is -5.05. The third-order valence-electron chi connectivity index (χ3n) is 17.2. The van der Waals surface area contributed by atoms with Gasteiger partial charge in [0.1, 0.15) is 34.2 Å². The number of phenolic OH excluding ortho intramolecular Hbond substituents is 1. The van der Waals surface area contributed by atoms with Crippen LogP contribution in [0.25, 0.3) is 0 Å². The van der Waals surface area contributed by atoms with E-state index in [4.69, 9.17) is 23.1 Å². The molecule has 4 atom stereocenters. The van der Waals surface area contributed by atoms with Gasteiger partial charge in [-0.1, -0.05) is 38.1 Å².